The standard InChI is InChI=1S/C15H16O2.C2H6/c1-2-3-4-5-13-10-17-11-14-7-6-12(9-16)8-15(13)14;1-2/h6-9,13H,2-3,10-11H2,1H3;1-2H3. The third kappa shape index (κ3) is 4.22. The van der Waals surface area contributed by atoms with Gasteiger partial charge in [0.2, 0.25) is 0 Å². The quantitative estimate of drug-likeness (QED) is 0.593. The molecule has 2 heteroatoms. The zero-order valence-corrected chi connectivity index (χ0v) is 12.0. The molecule has 102 valence electrons. The number of fused-ring (bicyclic) bond motifs is 1. The van der Waals surface area contributed by atoms with Gasteiger partial charge in [-0.05, 0) is 23.6 Å². The van der Waals surface area contributed by atoms with Crippen LogP contribution in [0.2, 0.25) is 0 Å². The first-order valence-corrected chi connectivity index (χ1v) is 6.99. The number of carbonyl (C=O) groups is 1. The van der Waals surface area contributed by atoms with E-state index in [9.17, 15) is 4.79 Å². The molecule has 1 unspecified atom stereocenters. The highest BCUT2D eigenvalue weighted by Gasteiger charge is 2.19. The molecule has 1 aromatic rings. The maximum absolute atomic E-state index is 10.8. The normalized spacial score (nSPS) is 16.3. The Kier molecular flexibility index (Phi) is 6.92. The summed E-state index contributed by atoms with van der Waals surface area (Å²) in [5, 5.41) is 0. The summed E-state index contributed by atoms with van der Waals surface area (Å²) in [5.74, 6) is 6.52. The number of unbranched alkanes of at least 4 members (excludes halogenated alkanes) is 1. The van der Waals surface area contributed by atoms with Gasteiger partial charge in [-0.1, -0.05) is 38.8 Å². The number of hydrogen-bond donors (Lipinski definition) is 0. The van der Waals surface area contributed by atoms with Crippen LogP contribution in [-0.2, 0) is 11.3 Å². The molecule has 1 aliphatic heterocycles. The average Bonchev–Trinajstić information content (AvgIpc) is 2.49. The first-order chi connectivity index (χ1) is 9.35. The van der Waals surface area contributed by atoms with Crippen molar-refractivity contribution in [3.8, 4) is 11.8 Å². The van der Waals surface area contributed by atoms with Crippen LogP contribution in [0.5, 0.6) is 0 Å². The van der Waals surface area contributed by atoms with Gasteiger partial charge in [0.05, 0.1) is 19.1 Å². The highest BCUT2D eigenvalue weighted by molar-refractivity contribution is 5.75. The second-order valence-electron chi connectivity index (χ2n) is 4.21. The van der Waals surface area contributed by atoms with Crippen LogP contribution in [0.1, 0.15) is 61.0 Å². The van der Waals surface area contributed by atoms with Crippen LogP contribution in [0.4, 0.5) is 0 Å². The van der Waals surface area contributed by atoms with E-state index in [0.29, 0.717) is 18.8 Å². The van der Waals surface area contributed by atoms with Crippen molar-refractivity contribution >= 4 is 6.29 Å². The maximum atomic E-state index is 10.8. The van der Waals surface area contributed by atoms with Gasteiger partial charge < -0.3 is 4.74 Å². The van der Waals surface area contributed by atoms with E-state index in [-0.39, 0.29) is 5.92 Å². The number of rotatable bonds is 2. The summed E-state index contributed by atoms with van der Waals surface area (Å²) in [7, 11) is 0. The van der Waals surface area contributed by atoms with Crippen LogP contribution >= 0.6 is 0 Å². The van der Waals surface area contributed by atoms with E-state index in [1.165, 1.54) is 0 Å². The van der Waals surface area contributed by atoms with Gasteiger partial charge in [-0.2, -0.15) is 0 Å². The third-order valence-electron chi connectivity index (χ3n) is 2.87. The van der Waals surface area contributed by atoms with Gasteiger partial charge in [-0.3, -0.25) is 4.79 Å². The van der Waals surface area contributed by atoms with E-state index < -0.39 is 0 Å². The molecule has 0 aromatic heterocycles. The topological polar surface area (TPSA) is 26.3 Å². The molecular weight excluding hydrogens is 236 g/mol. The fourth-order valence-electron chi connectivity index (χ4n) is 1.96. The second kappa shape index (κ2) is 8.50. The largest absolute Gasteiger partial charge is 0.375 e. The van der Waals surface area contributed by atoms with Gasteiger partial charge in [0.1, 0.15) is 6.29 Å². The van der Waals surface area contributed by atoms with Crippen LogP contribution in [-0.4, -0.2) is 12.9 Å². The minimum absolute atomic E-state index is 0.116. The van der Waals surface area contributed by atoms with Crippen molar-refractivity contribution in [2.75, 3.05) is 6.61 Å². The average molecular weight is 258 g/mol. The lowest BCUT2D eigenvalue weighted by Crippen LogP contribution is -2.15. The van der Waals surface area contributed by atoms with Gasteiger partial charge >= 0.3 is 0 Å². The zero-order chi connectivity index (χ0) is 14.1. The van der Waals surface area contributed by atoms with Crippen molar-refractivity contribution in [1.82, 2.24) is 0 Å². The van der Waals surface area contributed by atoms with Gasteiger partial charge in [0, 0.05) is 12.0 Å². The predicted molar refractivity (Wildman–Crippen MR) is 78.3 cm³/mol. The summed E-state index contributed by atoms with van der Waals surface area (Å²) in [6.07, 6.45) is 2.87. The Morgan fingerprint density at radius 3 is 2.89 bits per heavy atom. The van der Waals surface area contributed by atoms with Gasteiger partial charge in [0.25, 0.3) is 0 Å². The fourth-order valence-corrected chi connectivity index (χ4v) is 1.96. The van der Waals surface area contributed by atoms with Gasteiger partial charge in [-0.25, -0.2) is 0 Å². The highest BCUT2D eigenvalue weighted by atomic mass is 16.5. The molecule has 2 nitrogen and oxygen atoms in total. The molecule has 0 saturated heterocycles. The minimum Gasteiger partial charge on any atom is -0.375 e. The predicted octanol–water partition coefficient (Wildman–Crippen LogP) is 3.94. The Bertz CT molecular complexity index is 466. The third-order valence-corrected chi connectivity index (χ3v) is 2.87. The van der Waals surface area contributed by atoms with Crippen molar-refractivity contribution in [3.05, 3.63) is 34.9 Å². The van der Waals surface area contributed by atoms with Crippen molar-refractivity contribution in [1.29, 1.82) is 0 Å². The van der Waals surface area contributed by atoms with Crippen LogP contribution in [0.3, 0.4) is 0 Å². The molecule has 0 radical (unpaired) electrons. The van der Waals surface area contributed by atoms with Crippen molar-refractivity contribution < 1.29 is 9.53 Å². The van der Waals surface area contributed by atoms with Gasteiger partial charge in [0.15, 0.2) is 0 Å². The highest BCUT2D eigenvalue weighted by Crippen LogP contribution is 2.26. The van der Waals surface area contributed by atoms with E-state index in [4.69, 9.17) is 4.74 Å². The Balaban J connectivity index is 0.000000861. The molecule has 0 aliphatic carbocycles. The number of ether oxygens (including phenoxy) is 1. The van der Waals surface area contributed by atoms with Crippen molar-refractivity contribution in [2.24, 2.45) is 0 Å². The molecule has 1 aromatic carbocycles. The lowest BCUT2D eigenvalue weighted by Gasteiger charge is -2.22. The van der Waals surface area contributed by atoms with Crippen LogP contribution in [0.25, 0.3) is 0 Å². The fraction of sp³-hybridized carbons (Fsp3) is 0.471. The number of hydrogen-bond acceptors (Lipinski definition) is 2. The van der Waals surface area contributed by atoms with E-state index in [2.05, 4.69) is 18.8 Å². The summed E-state index contributed by atoms with van der Waals surface area (Å²) < 4.78 is 5.52. The SMILES string of the molecule is CC.CCCC#CC1COCc2ccc(C=O)cc21. The molecule has 0 bridgehead atoms. The number of aldehydes is 1. The second-order valence-corrected chi connectivity index (χ2v) is 4.21. The molecule has 2 rings (SSSR count). The Hall–Kier alpha value is -1.59. The first-order valence-electron chi connectivity index (χ1n) is 6.99. The van der Waals surface area contributed by atoms with Crippen LogP contribution in [0.15, 0.2) is 18.2 Å². The maximum Gasteiger partial charge on any atom is 0.150 e. The van der Waals surface area contributed by atoms with Crippen LogP contribution in [0, 0.1) is 11.8 Å². The van der Waals surface area contributed by atoms with E-state index in [1.54, 1.807) is 0 Å². The first kappa shape index (κ1) is 15.5. The van der Waals surface area contributed by atoms with E-state index in [1.807, 2.05) is 32.0 Å². The molecule has 0 fully saturated rings. The number of benzene rings is 1. The van der Waals surface area contributed by atoms with Gasteiger partial charge in [-0.15, -0.1) is 5.92 Å². The molecule has 0 spiro atoms. The lowest BCUT2D eigenvalue weighted by atomic mass is 9.92. The molecule has 0 N–H and O–H groups in total. The van der Waals surface area contributed by atoms with E-state index >= 15 is 0 Å². The Labute approximate surface area is 116 Å². The minimum atomic E-state index is 0.116. The summed E-state index contributed by atoms with van der Waals surface area (Å²) in [5.41, 5.74) is 3.02. The molecular formula is C17H22O2. The molecule has 1 heterocycles. The summed E-state index contributed by atoms with van der Waals surface area (Å²) in [4.78, 5) is 10.8. The summed E-state index contributed by atoms with van der Waals surface area (Å²) in [6, 6.07) is 5.74. The monoisotopic (exact) mass is 258 g/mol. The Morgan fingerprint density at radius 1 is 1.42 bits per heavy atom. The molecule has 0 amide bonds. The smallest absolute Gasteiger partial charge is 0.150 e. The summed E-state index contributed by atoms with van der Waals surface area (Å²) >= 11 is 0. The zero-order valence-electron chi connectivity index (χ0n) is 12.0. The molecule has 1 atom stereocenters. The van der Waals surface area contributed by atoms with Crippen molar-refractivity contribution in [3.63, 3.8) is 0 Å². The lowest BCUT2D eigenvalue weighted by molar-refractivity contribution is 0.102. The summed E-state index contributed by atoms with van der Waals surface area (Å²) in [6.45, 7) is 7.37. The van der Waals surface area contributed by atoms with Crippen LogP contribution < -0.4 is 0 Å². The molecule has 1 aliphatic rings. The Morgan fingerprint density at radius 2 is 2.21 bits per heavy atom. The molecule has 0 saturated carbocycles. The van der Waals surface area contributed by atoms with E-state index in [0.717, 1.165) is 30.3 Å². The molecule has 19 heavy (non-hydrogen) atoms. The van der Waals surface area contributed by atoms with Crippen molar-refractivity contribution in [2.45, 2.75) is 46.1 Å². The number of carbonyl (C=O) groups excluding carboxylic acids is 1.